The second-order valence-corrected chi connectivity index (χ2v) is 9.35. The van der Waals surface area contributed by atoms with Crippen molar-refractivity contribution in [2.24, 2.45) is 0 Å². The van der Waals surface area contributed by atoms with Crippen molar-refractivity contribution >= 4 is 46.6 Å². The van der Waals surface area contributed by atoms with Crippen molar-refractivity contribution in [1.82, 2.24) is 0 Å². The molecule has 0 bridgehead atoms. The van der Waals surface area contributed by atoms with Crippen LogP contribution in [-0.2, 0) is 4.79 Å². The summed E-state index contributed by atoms with van der Waals surface area (Å²) >= 11 is 7.47. The summed E-state index contributed by atoms with van der Waals surface area (Å²) in [6, 6.07) is 26.9. The molecule has 0 aliphatic heterocycles. The number of amides is 2. The van der Waals surface area contributed by atoms with Gasteiger partial charge in [-0.05, 0) is 66.2 Å². The lowest BCUT2D eigenvalue weighted by Crippen LogP contribution is -2.19. The number of carbonyl (C=O) groups is 2. The molecule has 0 saturated carbocycles. The first kappa shape index (κ1) is 25.3. The molecule has 8 heteroatoms. The summed E-state index contributed by atoms with van der Waals surface area (Å²) in [5, 5.41) is 5.61. The van der Waals surface area contributed by atoms with E-state index in [1.807, 2.05) is 36.4 Å². The number of methoxy groups -OCH3 is 1. The maximum Gasteiger partial charge on any atom is 0.255 e. The summed E-state index contributed by atoms with van der Waals surface area (Å²) in [5.74, 6) is -0.532. The number of rotatable bonds is 8. The first-order valence-corrected chi connectivity index (χ1v) is 12.2. The molecular formula is C28H22ClFN2O3S. The lowest BCUT2D eigenvalue weighted by molar-refractivity contribution is -0.115. The molecule has 0 aliphatic carbocycles. The Balaban J connectivity index is 1.56. The number of nitrogens with one attached hydrogen (secondary N) is 2. The largest absolute Gasteiger partial charge is 0.495 e. The van der Waals surface area contributed by atoms with Gasteiger partial charge >= 0.3 is 0 Å². The highest BCUT2D eigenvalue weighted by Crippen LogP contribution is 2.38. The van der Waals surface area contributed by atoms with Gasteiger partial charge in [-0.15, -0.1) is 11.8 Å². The van der Waals surface area contributed by atoms with Crippen LogP contribution in [-0.4, -0.2) is 18.9 Å². The second kappa shape index (κ2) is 11.7. The molecule has 0 heterocycles. The molecule has 0 fully saturated rings. The van der Waals surface area contributed by atoms with Crippen molar-refractivity contribution in [2.75, 3.05) is 17.7 Å². The standard InChI is InChI=1S/C28H22ClFN2O3S/c1-35-25-15-12-20(29)16-24(25)32-28(34)26(18-6-3-2-4-7-18)36-23-9-5-8-22(17-23)31-27(33)19-10-13-21(30)14-11-19/h2-17,26H,1H3,(H,31,33)(H,32,34). The van der Waals surface area contributed by atoms with Gasteiger partial charge in [-0.25, -0.2) is 4.39 Å². The SMILES string of the molecule is COc1ccc(Cl)cc1NC(=O)C(Sc1cccc(NC(=O)c2ccc(F)cc2)c1)c1ccccc1. The smallest absolute Gasteiger partial charge is 0.255 e. The third kappa shape index (κ3) is 6.44. The van der Waals surface area contributed by atoms with E-state index < -0.39 is 11.1 Å². The van der Waals surface area contributed by atoms with E-state index in [1.54, 1.807) is 36.4 Å². The van der Waals surface area contributed by atoms with E-state index in [1.165, 1.54) is 43.1 Å². The minimum Gasteiger partial charge on any atom is -0.495 e. The summed E-state index contributed by atoms with van der Waals surface area (Å²) in [6.07, 6.45) is 0. The predicted octanol–water partition coefficient (Wildman–Crippen LogP) is 7.21. The number of thioether (sulfide) groups is 1. The molecule has 0 radical (unpaired) electrons. The van der Waals surface area contributed by atoms with E-state index in [-0.39, 0.29) is 11.8 Å². The van der Waals surface area contributed by atoms with Crippen LogP contribution in [0.15, 0.2) is 102 Å². The number of ether oxygens (including phenoxy) is 1. The molecule has 0 saturated heterocycles. The van der Waals surface area contributed by atoms with Crippen LogP contribution in [0.3, 0.4) is 0 Å². The van der Waals surface area contributed by atoms with Crippen molar-refractivity contribution in [3.05, 3.63) is 119 Å². The number of anilines is 2. The zero-order chi connectivity index (χ0) is 25.5. The number of hydrogen-bond donors (Lipinski definition) is 2. The van der Waals surface area contributed by atoms with Crippen molar-refractivity contribution in [1.29, 1.82) is 0 Å². The molecule has 4 rings (SSSR count). The Morgan fingerprint density at radius 2 is 1.64 bits per heavy atom. The van der Waals surface area contributed by atoms with E-state index in [9.17, 15) is 14.0 Å². The molecular weight excluding hydrogens is 499 g/mol. The molecule has 0 aromatic heterocycles. The molecule has 4 aromatic rings. The minimum atomic E-state index is -0.599. The third-order valence-corrected chi connectivity index (χ3v) is 6.70. The lowest BCUT2D eigenvalue weighted by Gasteiger charge is -2.19. The molecule has 1 unspecified atom stereocenters. The predicted molar refractivity (Wildman–Crippen MR) is 142 cm³/mol. The molecule has 36 heavy (non-hydrogen) atoms. The van der Waals surface area contributed by atoms with Gasteiger partial charge in [0.15, 0.2) is 0 Å². The van der Waals surface area contributed by atoms with Gasteiger partial charge < -0.3 is 15.4 Å². The number of halogens is 2. The fourth-order valence-electron chi connectivity index (χ4n) is 3.46. The highest BCUT2D eigenvalue weighted by Gasteiger charge is 2.23. The van der Waals surface area contributed by atoms with E-state index in [2.05, 4.69) is 10.6 Å². The Kier molecular flexibility index (Phi) is 8.25. The topological polar surface area (TPSA) is 67.4 Å². The number of hydrogen-bond acceptors (Lipinski definition) is 4. The first-order chi connectivity index (χ1) is 17.4. The molecule has 4 aromatic carbocycles. The van der Waals surface area contributed by atoms with Gasteiger partial charge in [0, 0.05) is 21.2 Å². The van der Waals surface area contributed by atoms with Crippen molar-refractivity contribution in [2.45, 2.75) is 10.1 Å². The maximum absolute atomic E-state index is 13.4. The minimum absolute atomic E-state index is 0.257. The quantitative estimate of drug-likeness (QED) is 0.241. The molecule has 0 aliphatic rings. The second-order valence-electron chi connectivity index (χ2n) is 7.73. The van der Waals surface area contributed by atoms with Gasteiger partial charge in [-0.3, -0.25) is 9.59 Å². The Bertz CT molecular complexity index is 1370. The lowest BCUT2D eigenvalue weighted by atomic mass is 10.1. The average molecular weight is 521 g/mol. The highest BCUT2D eigenvalue weighted by atomic mass is 35.5. The highest BCUT2D eigenvalue weighted by molar-refractivity contribution is 8.00. The Hall–Kier alpha value is -3.81. The van der Waals surface area contributed by atoms with Crippen LogP contribution in [0.1, 0.15) is 21.2 Å². The normalized spacial score (nSPS) is 11.4. The summed E-state index contributed by atoms with van der Waals surface area (Å²) in [7, 11) is 1.52. The summed E-state index contributed by atoms with van der Waals surface area (Å²) < 4.78 is 18.5. The fourth-order valence-corrected chi connectivity index (χ4v) is 4.72. The van der Waals surface area contributed by atoms with Gasteiger partial charge in [0.1, 0.15) is 16.8 Å². The summed E-state index contributed by atoms with van der Waals surface area (Å²) in [5.41, 5.74) is 2.17. The fraction of sp³-hybridized carbons (Fsp3) is 0.0714. The monoisotopic (exact) mass is 520 g/mol. The van der Waals surface area contributed by atoms with Crippen molar-refractivity contribution < 1.29 is 18.7 Å². The number of benzene rings is 4. The van der Waals surface area contributed by atoms with E-state index in [4.69, 9.17) is 16.3 Å². The average Bonchev–Trinajstić information content (AvgIpc) is 2.88. The van der Waals surface area contributed by atoms with Crippen LogP contribution >= 0.6 is 23.4 Å². The molecule has 2 amide bonds. The first-order valence-electron chi connectivity index (χ1n) is 11.0. The molecule has 1 atom stereocenters. The zero-order valence-electron chi connectivity index (χ0n) is 19.2. The van der Waals surface area contributed by atoms with Crippen LogP contribution in [0.4, 0.5) is 15.8 Å². The summed E-state index contributed by atoms with van der Waals surface area (Å²) in [6.45, 7) is 0. The Labute approximate surface area is 217 Å². The van der Waals surface area contributed by atoms with Crippen LogP contribution in [0.5, 0.6) is 5.75 Å². The number of carbonyl (C=O) groups excluding carboxylic acids is 2. The molecule has 2 N–H and O–H groups in total. The van der Waals surface area contributed by atoms with Crippen LogP contribution < -0.4 is 15.4 Å². The van der Waals surface area contributed by atoms with E-state index >= 15 is 0 Å². The molecule has 0 spiro atoms. The van der Waals surface area contributed by atoms with Gasteiger partial charge in [0.2, 0.25) is 5.91 Å². The van der Waals surface area contributed by atoms with Gasteiger partial charge in [0.05, 0.1) is 12.8 Å². The third-order valence-electron chi connectivity index (χ3n) is 5.21. The van der Waals surface area contributed by atoms with Crippen LogP contribution in [0.25, 0.3) is 0 Å². The van der Waals surface area contributed by atoms with Crippen molar-refractivity contribution in [3.63, 3.8) is 0 Å². The maximum atomic E-state index is 13.4. The van der Waals surface area contributed by atoms with Gasteiger partial charge in [-0.1, -0.05) is 48.0 Å². The summed E-state index contributed by atoms with van der Waals surface area (Å²) in [4.78, 5) is 26.8. The van der Waals surface area contributed by atoms with Gasteiger partial charge in [-0.2, -0.15) is 0 Å². The van der Waals surface area contributed by atoms with E-state index in [0.717, 1.165) is 10.5 Å². The van der Waals surface area contributed by atoms with Crippen LogP contribution in [0, 0.1) is 5.82 Å². The van der Waals surface area contributed by atoms with E-state index in [0.29, 0.717) is 27.7 Å². The molecule has 182 valence electrons. The van der Waals surface area contributed by atoms with Crippen LogP contribution in [0.2, 0.25) is 5.02 Å². The zero-order valence-corrected chi connectivity index (χ0v) is 20.8. The molecule has 5 nitrogen and oxygen atoms in total. The Morgan fingerprint density at radius 1 is 0.889 bits per heavy atom. The van der Waals surface area contributed by atoms with Crippen molar-refractivity contribution in [3.8, 4) is 5.75 Å². The van der Waals surface area contributed by atoms with Gasteiger partial charge in [0.25, 0.3) is 5.91 Å². The Morgan fingerprint density at radius 3 is 2.36 bits per heavy atom.